The van der Waals surface area contributed by atoms with E-state index in [1.54, 1.807) is 6.08 Å². The summed E-state index contributed by atoms with van der Waals surface area (Å²) in [7, 11) is 28.6. The van der Waals surface area contributed by atoms with Crippen molar-refractivity contribution in [1.82, 2.24) is 0 Å². The molecule has 0 aliphatic heterocycles. The van der Waals surface area contributed by atoms with E-state index >= 15 is 0 Å². The molecule has 0 saturated carbocycles. The fourth-order valence-corrected chi connectivity index (χ4v) is 15.0. The number of rotatable bonds is 49. The minimum absolute atomic E-state index is 0. The first-order valence-electron chi connectivity index (χ1n) is 35.9. The molecule has 2 rings (SSSR count). The van der Waals surface area contributed by atoms with Gasteiger partial charge in [0.1, 0.15) is 6.10 Å². The van der Waals surface area contributed by atoms with Crippen molar-refractivity contribution in [2.24, 2.45) is 5.92 Å². The molecule has 0 amide bonds. The number of hydrogen-bond acceptors (Lipinski definition) is 9. The van der Waals surface area contributed by atoms with E-state index in [0.29, 0.717) is 52.7 Å². The zero-order valence-electron chi connectivity index (χ0n) is 65.3. The Morgan fingerprint density at radius 3 is 1.68 bits per heavy atom. The second-order valence-corrected chi connectivity index (χ2v) is 39.3. The largest absolute Gasteiger partial charge is 0.390 e. The molecular formula is C80H131O9P17U2-2. The van der Waals surface area contributed by atoms with Crippen LogP contribution in [0.5, 0.6) is 0 Å². The average molecular weight is 2240 g/mol. The third-order valence-corrected chi connectivity index (χ3v) is 20.6. The quantitative estimate of drug-likeness (QED) is 0.0211. The first kappa shape index (κ1) is 119. The van der Waals surface area contributed by atoms with E-state index in [4.69, 9.17) is 40.7 Å². The van der Waals surface area contributed by atoms with Gasteiger partial charge in [0.2, 0.25) is 0 Å². The fourth-order valence-electron chi connectivity index (χ4n) is 8.55. The summed E-state index contributed by atoms with van der Waals surface area (Å²) in [6.45, 7) is 24.4. The van der Waals surface area contributed by atoms with Crippen LogP contribution in [0, 0.1) is 117 Å². The molecule has 0 fully saturated rings. The molecule has 0 N–H and O–H groups in total. The van der Waals surface area contributed by atoms with Crippen LogP contribution in [0.3, 0.4) is 0 Å². The van der Waals surface area contributed by atoms with Gasteiger partial charge < -0.3 is 40.7 Å². The number of benzene rings is 2. The van der Waals surface area contributed by atoms with E-state index in [1.807, 2.05) is 101 Å². The summed E-state index contributed by atoms with van der Waals surface area (Å²) in [5, 5.41) is 0. The molecule has 2 aromatic rings. The summed E-state index contributed by atoms with van der Waals surface area (Å²) in [6, 6.07) is 16.7. The van der Waals surface area contributed by atoms with Crippen LogP contribution < -0.4 is 0 Å². The molecule has 0 aromatic heterocycles. The molecule has 24 unspecified atom stereocenters. The minimum Gasteiger partial charge on any atom is -0.390 e. The Morgan fingerprint density at radius 2 is 1.10 bits per heavy atom. The van der Waals surface area contributed by atoms with Gasteiger partial charge in [-0.15, -0.1) is 41.4 Å². The third-order valence-electron chi connectivity index (χ3n) is 13.8. The molecule has 108 heavy (non-hydrogen) atoms. The van der Waals surface area contributed by atoms with Gasteiger partial charge in [-0.3, -0.25) is 0 Å². The minimum atomic E-state index is -0.637. The molecule has 0 aliphatic rings. The van der Waals surface area contributed by atoms with E-state index in [-0.39, 0.29) is 111 Å². The monoisotopic (exact) mass is 2240 g/mol. The van der Waals surface area contributed by atoms with E-state index in [0.717, 1.165) is 89.0 Å². The van der Waals surface area contributed by atoms with Crippen LogP contribution in [0.25, 0.3) is 6.08 Å². The van der Waals surface area contributed by atoms with Crippen molar-refractivity contribution in [2.45, 2.75) is 214 Å². The second-order valence-electron chi connectivity index (χ2n) is 22.2. The van der Waals surface area contributed by atoms with Gasteiger partial charge in [-0.2, -0.15) is 11.6 Å². The predicted molar refractivity (Wildman–Crippen MR) is 524 cm³/mol. The molecule has 600 valence electrons. The normalized spacial score (nSPS) is 14.6. The first-order chi connectivity index (χ1) is 51.7. The van der Waals surface area contributed by atoms with Crippen LogP contribution in [0.1, 0.15) is 187 Å². The summed E-state index contributed by atoms with van der Waals surface area (Å²) in [5.41, 5.74) is 4.73. The van der Waals surface area contributed by atoms with Crippen LogP contribution in [0.4, 0.5) is 0 Å². The van der Waals surface area contributed by atoms with E-state index in [2.05, 4.69) is 311 Å². The number of unbranched alkanes of at least 4 members (excludes halogenated alkanes) is 2. The molecule has 0 heterocycles. The molecule has 0 saturated heterocycles. The summed E-state index contributed by atoms with van der Waals surface area (Å²) in [4.78, 5) is 0. The van der Waals surface area contributed by atoms with Gasteiger partial charge in [0.15, 0.2) is 0 Å². The molecule has 0 spiro atoms. The Bertz CT molecular complexity index is 3020. The van der Waals surface area contributed by atoms with Crippen molar-refractivity contribution in [1.29, 1.82) is 0 Å². The Balaban J connectivity index is -0.000000438. The zero-order valence-corrected chi connectivity index (χ0v) is 92.2. The smallest absolute Gasteiger partial charge is 0.107 e. The van der Waals surface area contributed by atoms with Crippen LogP contribution in [0.2, 0.25) is 0 Å². The molecule has 0 aliphatic carbocycles. The molecule has 24 atom stereocenters. The van der Waals surface area contributed by atoms with Gasteiger partial charge in [-0.05, 0) is 87.1 Å². The standard InChI is InChI=1S/C23H37O2P5.C22H36O3P6.C21H34O2P3.C12H18O2P3.C2H6.2U/c1-4-6-8-10-13-19(3)22(24-29-26)18-17-20-14-11-12-15-21(20)23(25-30(27)28)16-9-7-5-2;1-3-5-7-14-18-21(23-26)22(24-30-27)19-15-11-9-8-10-13-17-20(25-31(28)29)16-12-6-4-2;1-3-5-17-21(23-26-25)19-15-13-11-9-7-6-8-10-12-14-18-20(22-24)16-4-2;1-10(14-15)5-4-8-11-6-2-3-7-12(11)9-13-17-16;1-2;;/h8,10-12,14-15,17-19,22-23,29H,4-6,13,16,26-28H2,1-3H3;7,9,11,13-15,17,19-22,30H,3-5,16,18,26-29H2,1-2H3;3,5-7,10-15,18-21,26H,1,4,8-9,16-17,24-25H2,2H3;2-7,9-10,17H,8,15-16H2,1H3;1-2H3;;/q;;2*-1;;;/b10-8-,18-17+;11-9+,14-7-,17-13+,19-15+;5-3-,7-6-,12-10-,13-11-,18-14+,19-15+;5-4+;;;. The number of hydrogen-bond donors (Lipinski definition) is 0. The van der Waals surface area contributed by atoms with Crippen molar-refractivity contribution in [3.63, 3.8) is 0 Å². The summed E-state index contributed by atoms with van der Waals surface area (Å²) in [6.07, 6.45) is 69.3. The Labute approximate surface area is 741 Å². The van der Waals surface area contributed by atoms with Gasteiger partial charge >= 0.3 is 0 Å². The summed E-state index contributed by atoms with van der Waals surface area (Å²) >= 11 is 0. The van der Waals surface area contributed by atoms with Gasteiger partial charge in [-0.1, -0.05) is 335 Å². The van der Waals surface area contributed by atoms with Crippen molar-refractivity contribution in [2.75, 3.05) is 0 Å². The second kappa shape index (κ2) is 93.4. The van der Waals surface area contributed by atoms with Crippen molar-refractivity contribution in [3.05, 3.63) is 236 Å². The van der Waals surface area contributed by atoms with E-state index in [9.17, 15) is 0 Å². The predicted octanol–water partition coefficient (Wildman–Crippen LogP) is 28.2. The van der Waals surface area contributed by atoms with Gasteiger partial charge in [0.05, 0.1) is 57.8 Å². The summed E-state index contributed by atoms with van der Waals surface area (Å²) < 4.78 is 50.8. The SMILES string of the molecule is CC.CC(/C=C/Cc1ccccc1[CH-]OPP)OP.CCC#CCC(/C=C/C#C/C=C/C=C/C(OPP)C(C/C=C\CCC)OP)OP(P)P.CCC#CCC(OP(P)P)c1ccccc1/C=C/C(OPP)C(C)C/C=C\CCC.[CH2-]/C=C\CC(/C=C/C=C\C/C=C\C/C=C\C=C\C(CCC)OP)OPP.[U].[U]. The van der Waals surface area contributed by atoms with Gasteiger partial charge in [-0.25, -0.2) is 19.1 Å². The fraction of sp³-hybridized carbons (Fsp3) is 0.425. The number of allylic oxidation sites excluding steroid dienone is 17. The third kappa shape index (κ3) is 74.8. The molecule has 0 radical (unpaired) electrons. The Kier molecular flexibility index (Phi) is 103. The van der Waals surface area contributed by atoms with E-state index < -0.39 is 15.1 Å². The summed E-state index contributed by atoms with van der Waals surface area (Å²) in [5.74, 6) is 19.1. The van der Waals surface area contributed by atoms with Crippen LogP contribution in [-0.4, -0.2) is 42.7 Å². The molecule has 2 aromatic carbocycles. The van der Waals surface area contributed by atoms with E-state index in [1.165, 1.54) is 23.1 Å². The van der Waals surface area contributed by atoms with Crippen molar-refractivity contribution < 1.29 is 103 Å². The maximum Gasteiger partial charge on any atom is 0.107 e. The Hall–Kier alpha value is 2.53. The average Bonchev–Trinajstić information content (AvgIpc) is 0.855. The molecule has 0 bridgehead atoms. The van der Waals surface area contributed by atoms with Crippen LogP contribution in [-0.2, 0) is 47.1 Å². The van der Waals surface area contributed by atoms with Crippen LogP contribution in [0.15, 0.2) is 200 Å². The maximum atomic E-state index is 6.21. The van der Waals surface area contributed by atoms with Crippen molar-refractivity contribution >= 4 is 155 Å². The molecule has 28 heteroatoms. The van der Waals surface area contributed by atoms with Crippen molar-refractivity contribution in [3.8, 4) is 35.5 Å². The van der Waals surface area contributed by atoms with Gasteiger partial charge in [0.25, 0.3) is 0 Å². The maximum absolute atomic E-state index is 6.21. The molecule has 9 nitrogen and oxygen atoms in total. The first-order valence-corrected chi connectivity index (χ1v) is 57.2. The zero-order chi connectivity index (χ0) is 79.2. The Morgan fingerprint density at radius 1 is 0.519 bits per heavy atom. The topological polar surface area (TPSA) is 83.1 Å². The van der Waals surface area contributed by atoms with Gasteiger partial charge in [0, 0.05) is 150 Å². The molecular weight excluding hydrogens is 2110 g/mol. The van der Waals surface area contributed by atoms with Crippen LogP contribution >= 0.6 is 149 Å².